The first-order valence-electron chi connectivity index (χ1n) is 8.18. The number of hydrogen-bond donors (Lipinski definition) is 1. The Morgan fingerprint density at radius 1 is 1.40 bits per heavy atom. The van der Waals surface area contributed by atoms with Crippen LogP contribution in [0.25, 0.3) is 0 Å². The Balaban J connectivity index is 1.80. The Bertz CT molecular complexity index is 718. The van der Waals surface area contributed by atoms with Crippen molar-refractivity contribution in [3.63, 3.8) is 0 Å². The molecule has 0 aliphatic heterocycles. The zero-order valence-electron chi connectivity index (χ0n) is 14.8. The monoisotopic (exact) mass is 381 g/mol. The van der Waals surface area contributed by atoms with E-state index in [1.165, 1.54) is 11.8 Å². The lowest BCUT2D eigenvalue weighted by molar-refractivity contribution is -0.118. The molecule has 1 heterocycles. The molecule has 0 atom stereocenters. The van der Waals surface area contributed by atoms with E-state index in [1.807, 2.05) is 38.1 Å². The predicted molar refractivity (Wildman–Crippen MR) is 102 cm³/mol. The van der Waals surface area contributed by atoms with Gasteiger partial charge in [-0.2, -0.15) is 0 Å². The molecular formula is C18H24ClN3O2S. The Hall–Kier alpha value is -1.50. The van der Waals surface area contributed by atoms with Crippen molar-refractivity contribution in [3.05, 3.63) is 46.2 Å². The standard InChI is InChI=1S/C18H24ClN3O2S/c1-13-14(2)22(9-10-24-3)18(21-13)25-12-17(23)20-8-7-15-5-4-6-16(19)11-15/h4-6,11H,7-10,12H2,1-3H3,(H,20,23). The Kier molecular flexibility index (Phi) is 7.81. The van der Waals surface area contributed by atoms with Crippen LogP contribution in [-0.2, 0) is 22.5 Å². The molecule has 136 valence electrons. The van der Waals surface area contributed by atoms with Gasteiger partial charge in [0.1, 0.15) is 0 Å². The van der Waals surface area contributed by atoms with Gasteiger partial charge in [0.15, 0.2) is 5.16 Å². The lowest BCUT2D eigenvalue weighted by Gasteiger charge is -2.09. The number of hydrogen-bond acceptors (Lipinski definition) is 4. The highest BCUT2D eigenvalue weighted by Crippen LogP contribution is 2.21. The van der Waals surface area contributed by atoms with Crippen LogP contribution in [0, 0.1) is 13.8 Å². The van der Waals surface area contributed by atoms with Gasteiger partial charge in [-0.1, -0.05) is 35.5 Å². The molecule has 0 saturated heterocycles. The molecule has 5 nitrogen and oxygen atoms in total. The van der Waals surface area contributed by atoms with Crippen molar-refractivity contribution in [1.29, 1.82) is 0 Å². The second-order valence-electron chi connectivity index (χ2n) is 5.73. The van der Waals surface area contributed by atoms with E-state index >= 15 is 0 Å². The van der Waals surface area contributed by atoms with E-state index in [0.29, 0.717) is 23.9 Å². The van der Waals surface area contributed by atoms with E-state index in [9.17, 15) is 4.79 Å². The van der Waals surface area contributed by atoms with Crippen molar-refractivity contribution in [1.82, 2.24) is 14.9 Å². The van der Waals surface area contributed by atoms with Gasteiger partial charge in [0.2, 0.25) is 5.91 Å². The molecule has 25 heavy (non-hydrogen) atoms. The highest BCUT2D eigenvalue weighted by Gasteiger charge is 2.13. The van der Waals surface area contributed by atoms with Gasteiger partial charge in [-0.25, -0.2) is 4.98 Å². The topological polar surface area (TPSA) is 56.1 Å². The van der Waals surface area contributed by atoms with Gasteiger partial charge in [-0.05, 0) is 38.0 Å². The molecule has 0 bridgehead atoms. The summed E-state index contributed by atoms with van der Waals surface area (Å²) >= 11 is 7.41. The highest BCUT2D eigenvalue weighted by atomic mass is 35.5. The number of nitrogens with zero attached hydrogens (tertiary/aromatic N) is 2. The van der Waals surface area contributed by atoms with Crippen LogP contribution in [0.2, 0.25) is 5.02 Å². The lowest BCUT2D eigenvalue weighted by Crippen LogP contribution is -2.27. The molecule has 0 aliphatic rings. The van der Waals surface area contributed by atoms with Gasteiger partial charge >= 0.3 is 0 Å². The summed E-state index contributed by atoms with van der Waals surface area (Å²) in [4.78, 5) is 16.6. The summed E-state index contributed by atoms with van der Waals surface area (Å²) in [5.41, 5.74) is 3.21. The maximum atomic E-state index is 12.1. The number of aryl methyl sites for hydroxylation is 1. The Morgan fingerprint density at radius 3 is 2.92 bits per heavy atom. The molecule has 0 spiro atoms. The second kappa shape index (κ2) is 9.85. The number of methoxy groups -OCH3 is 1. The maximum absolute atomic E-state index is 12.1. The van der Waals surface area contributed by atoms with Crippen LogP contribution in [0.3, 0.4) is 0 Å². The Labute approximate surface area is 158 Å². The van der Waals surface area contributed by atoms with Gasteiger partial charge < -0.3 is 14.6 Å². The molecule has 2 aromatic rings. The highest BCUT2D eigenvalue weighted by molar-refractivity contribution is 7.99. The van der Waals surface area contributed by atoms with E-state index in [0.717, 1.165) is 35.1 Å². The number of thioether (sulfide) groups is 1. The second-order valence-corrected chi connectivity index (χ2v) is 7.11. The minimum Gasteiger partial charge on any atom is -0.383 e. The maximum Gasteiger partial charge on any atom is 0.230 e. The van der Waals surface area contributed by atoms with Crippen molar-refractivity contribution < 1.29 is 9.53 Å². The van der Waals surface area contributed by atoms with Gasteiger partial charge in [0, 0.05) is 30.9 Å². The summed E-state index contributed by atoms with van der Waals surface area (Å²) in [5.74, 6) is 0.349. The van der Waals surface area contributed by atoms with Crippen LogP contribution < -0.4 is 5.32 Å². The number of imidazole rings is 1. The minimum absolute atomic E-state index is 0.00336. The summed E-state index contributed by atoms with van der Waals surface area (Å²) in [7, 11) is 1.68. The number of carbonyl (C=O) groups excluding carboxylic acids is 1. The van der Waals surface area contributed by atoms with Crippen molar-refractivity contribution >= 4 is 29.3 Å². The SMILES string of the molecule is COCCn1c(SCC(=O)NCCc2cccc(Cl)c2)nc(C)c1C. The summed E-state index contributed by atoms with van der Waals surface area (Å²) < 4.78 is 7.25. The number of carbonyl (C=O) groups is 1. The number of benzene rings is 1. The molecule has 1 aromatic heterocycles. The van der Waals surface area contributed by atoms with Crippen LogP contribution in [0.5, 0.6) is 0 Å². The lowest BCUT2D eigenvalue weighted by atomic mass is 10.1. The van der Waals surface area contributed by atoms with Crippen LogP contribution >= 0.6 is 23.4 Å². The van der Waals surface area contributed by atoms with E-state index in [1.54, 1.807) is 7.11 Å². The Morgan fingerprint density at radius 2 is 2.20 bits per heavy atom. The third-order valence-electron chi connectivity index (χ3n) is 3.90. The molecule has 0 unspecified atom stereocenters. The third-order valence-corrected chi connectivity index (χ3v) is 5.11. The fourth-order valence-corrected chi connectivity index (χ4v) is 3.56. The average Bonchev–Trinajstić information content (AvgIpc) is 2.85. The van der Waals surface area contributed by atoms with Crippen LogP contribution in [0.15, 0.2) is 29.4 Å². The first-order valence-corrected chi connectivity index (χ1v) is 9.54. The largest absolute Gasteiger partial charge is 0.383 e. The molecule has 2 rings (SSSR count). The number of halogens is 1. The molecule has 1 N–H and O–H groups in total. The molecule has 0 fully saturated rings. The van der Waals surface area contributed by atoms with Crippen LogP contribution in [-0.4, -0.2) is 41.5 Å². The van der Waals surface area contributed by atoms with Gasteiger partial charge in [0.05, 0.1) is 18.1 Å². The average molecular weight is 382 g/mol. The van der Waals surface area contributed by atoms with Crippen LogP contribution in [0.4, 0.5) is 0 Å². The van der Waals surface area contributed by atoms with Gasteiger partial charge in [0.25, 0.3) is 0 Å². The first-order chi connectivity index (χ1) is 12.0. The van der Waals surface area contributed by atoms with Gasteiger partial charge in [-0.15, -0.1) is 0 Å². The molecule has 0 radical (unpaired) electrons. The first kappa shape index (κ1) is 19.8. The number of ether oxygens (including phenoxy) is 1. The quantitative estimate of drug-likeness (QED) is 0.677. The third kappa shape index (κ3) is 6.06. The van der Waals surface area contributed by atoms with Gasteiger partial charge in [-0.3, -0.25) is 4.79 Å². The zero-order valence-corrected chi connectivity index (χ0v) is 16.4. The summed E-state index contributed by atoms with van der Waals surface area (Å²) in [6, 6.07) is 7.68. The van der Waals surface area contributed by atoms with Crippen LogP contribution in [0.1, 0.15) is 17.0 Å². The van der Waals surface area contributed by atoms with E-state index in [-0.39, 0.29) is 5.91 Å². The molecular weight excluding hydrogens is 358 g/mol. The number of amides is 1. The van der Waals surface area contributed by atoms with Crippen molar-refractivity contribution in [2.75, 3.05) is 26.0 Å². The molecule has 1 aromatic carbocycles. The smallest absolute Gasteiger partial charge is 0.230 e. The molecule has 7 heteroatoms. The zero-order chi connectivity index (χ0) is 18.2. The fourth-order valence-electron chi connectivity index (χ4n) is 2.40. The van der Waals surface area contributed by atoms with E-state index in [4.69, 9.17) is 16.3 Å². The summed E-state index contributed by atoms with van der Waals surface area (Å²) in [6.07, 6.45) is 0.762. The van der Waals surface area contributed by atoms with E-state index in [2.05, 4.69) is 14.9 Å². The van der Waals surface area contributed by atoms with E-state index < -0.39 is 0 Å². The van der Waals surface area contributed by atoms with Crippen molar-refractivity contribution in [2.45, 2.75) is 32.0 Å². The van der Waals surface area contributed by atoms with Crippen molar-refractivity contribution in [2.24, 2.45) is 0 Å². The number of rotatable bonds is 9. The summed E-state index contributed by atoms with van der Waals surface area (Å²) in [6.45, 7) is 5.97. The van der Waals surface area contributed by atoms with Crippen molar-refractivity contribution in [3.8, 4) is 0 Å². The minimum atomic E-state index is 0.00336. The number of nitrogens with one attached hydrogen (secondary N) is 1. The molecule has 0 saturated carbocycles. The molecule has 1 amide bonds. The fraction of sp³-hybridized carbons (Fsp3) is 0.444. The predicted octanol–water partition coefficient (Wildman–Crippen LogP) is 3.25. The summed E-state index contributed by atoms with van der Waals surface area (Å²) in [5, 5.41) is 4.51. The normalized spacial score (nSPS) is 10.9. The molecule has 0 aliphatic carbocycles. The number of aromatic nitrogens is 2.